The molecule has 1 fully saturated rings. The number of nitrogens with one attached hydrogen (secondary N) is 1. The van der Waals surface area contributed by atoms with E-state index in [0.717, 1.165) is 37.8 Å². The molecule has 1 aromatic rings. The third kappa shape index (κ3) is 5.54. The van der Waals surface area contributed by atoms with Crippen LogP contribution in [0.25, 0.3) is 0 Å². The molecule has 2 rings (SSSR count). The molecule has 0 unspecified atom stereocenters. The minimum Gasteiger partial charge on any atom is -0.494 e. The van der Waals surface area contributed by atoms with Crippen LogP contribution in [0, 0.1) is 5.92 Å². The highest BCUT2D eigenvalue weighted by Crippen LogP contribution is 2.26. The summed E-state index contributed by atoms with van der Waals surface area (Å²) >= 11 is 0. The van der Waals surface area contributed by atoms with Gasteiger partial charge in [0.1, 0.15) is 5.75 Å². The zero-order valence-electron chi connectivity index (χ0n) is 12.9. The minimum absolute atomic E-state index is 0.829. The molecule has 20 heavy (non-hydrogen) atoms. The van der Waals surface area contributed by atoms with Crippen molar-refractivity contribution >= 4 is 0 Å². The standard InChI is InChI=1S/C18H29NO/c1-2-3-14-20-18-10-8-17(9-11-18)15-19-13-12-16-6-4-5-7-16/h8-11,16,19H,2-7,12-15H2,1H3. The molecule has 1 aliphatic rings. The van der Waals surface area contributed by atoms with Gasteiger partial charge in [-0.25, -0.2) is 0 Å². The van der Waals surface area contributed by atoms with Crippen LogP contribution < -0.4 is 10.1 Å². The molecular formula is C18H29NO. The normalized spacial score (nSPS) is 15.7. The summed E-state index contributed by atoms with van der Waals surface area (Å²) in [5.74, 6) is 1.98. The molecule has 0 atom stereocenters. The first-order valence-corrected chi connectivity index (χ1v) is 8.31. The first-order chi connectivity index (χ1) is 9.88. The van der Waals surface area contributed by atoms with Crippen molar-refractivity contribution in [2.24, 2.45) is 5.92 Å². The van der Waals surface area contributed by atoms with Crippen molar-refractivity contribution < 1.29 is 4.74 Å². The van der Waals surface area contributed by atoms with E-state index < -0.39 is 0 Å². The predicted octanol–water partition coefficient (Wildman–Crippen LogP) is 4.54. The summed E-state index contributed by atoms with van der Waals surface area (Å²) in [7, 11) is 0. The zero-order valence-corrected chi connectivity index (χ0v) is 12.9. The number of benzene rings is 1. The predicted molar refractivity (Wildman–Crippen MR) is 85.1 cm³/mol. The molecule has 1 aromatic carbocycles. The molecule has 0 heterocycles. The van der Waals surface area contributed by atoms with Crippen LogP contribution in [0.2, 0.25) is 0 Å². The molecule has 112 valence electrons. The van der Waals surface area contributed by atoms with E-state index in [1.54, 1.807) is 0 Å². The number of ether oxygens (including phenoxy) is 1. The maximum Gasteiger partial charge on any atom is 0.119 e. The van der Waals surface area contributed by atoms with Gasteiger partial charge in [-0.1, -0.05) is 51.2 Å². The lowest BCUT2D eigenvalue weighted by molar-refractivity contribution is 0.309. The smallest absolute Gasteiger partial charge is 0.119 e. The number of hydrogen-bond donors (Lipinski definition) is 1. The van der Waals surface area contributed by atoms with Gasteiger partial charge in [-0.15, -0.1) is 0 Å². The minimum atomic E-state index is 0.829. The van der Waals surface area contributed by atoms with Crippen molar-refractivity contribution in [1.29, 1.82) is 0 Å². The summed E-state index contributed by atoms with van der Waals surface area (Å²) in [6, 6.07) is 8.51. The molecule has 1 saturated carbocycles. The molecular weight excluding hydrogens is 246 g/mol. The lowest BCUT2D eigenvalue weighted by Gasteiger charge is -2.10. The van der Waals surface area contributed by atoms with Crippen LogP contribution in [0.3, 0.4) is 0 Å². The van der Waals surface area contributed by atoms with Gasteiger partial charge in [0.25, 0.3) is 0 Å². The fraction of sp³-hybridized carbons (Fsp3) is 0.667. The number of unbranched alkanes of at least 4 members (excludes halogenated alkanes) is 1. The Morgan fingerprint density at radius 1 is 1.15 bits per heavy atom. The van der Waals surface area contributed by atoms with Crippen molar-refractivity contribution in [3.05, 3.63) is 29.8 Å². The molecule has 0 saturated heterocycles. The van der Waals surface area contributed by atoms with Crippen LogP contribution in [-0.2, 0) is 6.54 Å². The van der Waals surface area contributed by atoms with E-state index in [2.05, 4.69) is 36.5 Å². The second-order valence-corrected chi connectivity index (χ2v) is 5.96. The van der Waals surface area contributed by atoms with Gasteiger partial charge >= 0.3 is 0 Å². The maximum atomic E-state index is 5.67. The van der Waals surface area contributed by atoms with Crippen molar-refractivity contribution in [2.45, 2.75) is 58.4 Å². The van der Waals surface area contributed by atoms with Gasteiger partial charge in [0.2, 0.25) is 0 Å². The summed E-state index contributed by atoms with van der Waals surface area (Å²) < 4.78 is 5.67. The van der Waals surface area contributed by atoms with Gasteiger partial charge < -0.3 is 10.1 Å². The quantitative estimate of drug-likeness (QED) is 0.668. The third-order valence-electron chi connectivity index (χ3n) is 4.22. The van der Waals surface area contributed by atoms with E-state index in [4.69, 9.17) is 4.74 Å². The van der Waals surface area contributed by atoms with Crippen LogP contribution in [0.15, 0.2) is 24.3 Å². The van der Waals surface area contributed by atoms with Crippen molar-refractivity contribution in [1.82, 2.24) is 5.32 Å². The van der Waals surface area contributed by atoms with E-state index >= 15 is 0 Å². The molecule has 1 aliphatic carbocycles. The first-order valence-electron chi connectivity index (χ1n) is 8.31. The van der Waals surface area contributed by atoms with Gasteiger partial charge in [-0.05, 0) is 43.0 Å². The largest absolute Gasteiger partial charge is 0.494 e. The van der Waals surface area contributed by atoms with Crippen molar-refractivity contribution in [3.8, 4) is 5.75 Å². The summed E-state index contributed by atoms with van der Waals surface area (Å²) in [6.45, 7) is 5.14. The lowest BCUT2D eigenvalue weighted by Crippen LogP contribution is -2.16. The molecule has 0 aliphatic heterocycles. The topological polar surface area (TPSA) is 21.3 Å². The van der Waals surface area contributed by atoms with Crippen molar-refractivity contribution in [3.63, 3.8) is 0 Å². The average Bonchev–Trinajstić information content (AvgIpc) is 2.99. The van der Waals surface area contributed by atoms with Crippen molar-refractivity contribution in [2.75, 3.05) is 13.2 Å². The summed E-state index contributed by atoms with van der Waals surface area (Å²) in [5.41, 5.74) is 1.35. The molecule has 0 aromatic heterocycles. The molecule has 2 nitrogen and oxygen atoms in total. The fourth-order valence-corrected chi connectivity index (χ4v) is 2.88. The Morgan fingerprint density at radius 3 is 2.60 bits per heavy atom. The van der Waals surface area contributed by atoms with Crippen LogP contribution in [0.4, 0.5) is 0 Å². The Bertz CT molecular complexity index is 354. The SMILES string of the molecule is CCCCOc1ccc(CNCCC2CCCC2)cc1. The Morgan fingerprint density at radius 2 is 1.90 bits per heavy atom. The van der Waals surface area contributed by atoms with E-state index in [0.29, 0.717) is 0 Å². The molecule has 0 bridgehead atoms. The first kappa shape index (κ1) is 15.4. The van der Waals surface area contributed by atoms with Crippen LogP contribution in [-0.4, -0.2) is 13.2 Å². The molecule has 1 N–H and O–H groups in total. The van der Waals surface area contributed by atoms with Gasteiger partial charge in [-0.2, -0.15) is 0 Å². The number of rotatable bonds is 9. The van der Waals surface area contributed by atoms with E-state index in [9.17, 15) is 0 Å². The van der Waals surface area contributed by atoms with Crippen LogP contribution in [0.1, 0.15) is 57.4 Å². The third-order valence-corrected chi connectivity index (χ3v) is 4.22. The molecule has 0 radical (unpaired) electrons. The van der Waals surface area contributed by atoms with E-state index in [1.807, 2.05) is 0 Å². The van der Waals surface area contributed by atoms with Gasteiger partial charge in [0.15, 0.2) is 0 Å². The highest BCUT2D eigenvalue weighted by Gasteiger charge is 2.13. The molecule has 2 heteroatoms. The second kappa shape index (κ2) is 9.02. The highest BCUT2D eigenvalue weighted by atomic mass is 16.5. The Balaban J connectivity index is 1.60. The van der Waals surface area contributed by atoms with Gasteiger partial charge in [-0.3, -0.25) is 0 Å². The molecule has 0 amide bonds. The average molecular weight is 275 g/mol. The Kier molecular flexibility index (Phi) is 6.93. The second-order valence-electron chi connectivity index (χ2n) is 5.96. The number of hydrogen-bond acceptors (Lipinski definition) is 2. The van der Waals surface area contributed by atoms with Gasteiger partial charge in [0.05, 0.1) is 6.61 Å². The maximum absolute atomic E-state index is 5.67. The fourth-order valence-electron chi connectivity index (χ4n) is 2.88. The molecule has 0 spiro atoms. The van der Waals surface area contributed by atoms with Crippen LogP contribution >= 0.6 is 0 Å². The summed E-state index contributed by atoms with van der Waals surface area (Å²) in [6.07, 6.45) is 9.46. The highest BCUT2D eigenvalue weighted by molar-refractivity contribution is 5.27. The zero-order chi connectivity index (χ0) is 14.0. The monoisotopic (exact) mass is 275 g/mol. The lowest BCUT2D eigenvalue weighted by atomic mass is 10.0. The van der Waals surface area contributed by atoms with E-state index in [-0.39, 0.29) is 0 Å². The van der Waals surface area contributed by atoms with E-state index in [1.165, 1.54) is 44.1 Å². The Labute approximate surface area is 123 Å². The van der Waals surface area contributed by atoms with Gasteiger partial charge in [0, 0.05) is 6.54 Å². The summed E-state index contributed by atoms with van der Waals surface area (Å²) in [4.78, 5) is 0. The summed E-state index contributed by atoms with van der Waals surface area (Å²) in [5, 5.41) is 3.56. The van der Waals surface area contributed by atoms with Crippen LogP contribution in [0.5, 0.6) is 5.75 Å². The Hall–Kier alpha value is -1.02.